The quantitative estimate of drug-likeness (QED) is 0.0796. The van der Waals surface area contributed by atoms with E-state index >= 15 is 0 Å². The van der Waals surface area contributed by atoms with Gasteiger partial charge in [-0.05, 0) is 60.0 Å². The number of nitrogens with zero attached hydrogens (tertiary/aromatic N) is 2. The maximum Gasteiger partial charge on any atom is 0.293 e. The Kier molecular flexibility index (Phi) is 13.2. The summed E-state index contributed by atoms with van der Waals surface area (Å²) >= 11 is 1.47. The molecule has 0 bridgehead atoms. The van der Waals surface area contributed by atoms with E-state index < -0.39 is 37.5 Å². The third-order valence-corrected chi connectivity index (χ3v) is 10.3. The van der Waals surface area contributed by atoms with Crippen molar-refractivity contribution in [3.8, 4) is 16.9 Å². The zero-order valence-corrected chi connectivity index (χ0v) is 30.2. The number of sulfonamides is 1. The number of nitro benzene ring substituents is 1. The van der Waals surface area contributed by atoms with E-state index in [4.69, 9.17) is 4.74 Å². The van der Waals surface area contributed by atoms with Crippen molar-refractivity contribution in [2.24, 2.45) is 0 Å². The van der Waals surface area contributed by atoms with Crippen LogP contribution in [-0.4, -0.2) is 76.0 Å². The van der Waals surface area contributed by atoms with Crippen LogP contribution in [0.5, 0.6) is 5.75 Å². The minimum absolute atomic E-state index is 0.0287. The van der Waals surface area contributed by atoms with E-state index in [1.54, 1.807) is 33.3 Å². The number of methoxy groups -OCH3 is 1. The molecule has 13 nitrogen and oxygen atoms in total. The number of hydrogen-bond donors (Lipinski definition) is 3. The van der Waals surface area contributed by atoms with Gasteiger partial charge in [0.25, 0.3) is 21.6 Å². The summed E-state index contributed by atoms with van der Waals surface area (Å²) in [4.78, 5) is 50.5. The van der Waals surface area contributed by atoms with Gasteiger partial charge in [0.2, 0.25) is 11.8 Å². The molecule has 0 heterocycles. The van der Waals surface area contributed by atoms with Gasteiger partial charge in [-0.25, -0.2) is 13.1 Å². The number of anilines is 1. The van der Waals surface area contributed by atoms with Crippen molar-refractivity contribution < 1.29 is 32.5 Å². The van der Waals surface area contributed by atoms with E-state index in [1.807, 2.05) is 53.3 Å². The van der Waals surface area contributed by atoms with Gasteiger partial charge in [0, 0.05) is 67.9 Å². The average molecular weight is 734 g/mol. The molecule has 0 aliphatic rings. The molecule has 0 spiro atoms. The van der Waals surface area contributed by atoms with Gasteiger partial charge in [0.05, 0.1) is 16.9 Å². The highest BCUT2D eigenvalue weighted by Crippen LogP contribution is 2.32. The average Bonchev–Trinajstić information content (AvgIpc) is 3.12. The predicted molar refractivity (Wildman–Crippen MR) is 196 cm³/mol. The van der Waals surface area contributed by atoms with Gasteiger partial charge in [0.15, 0.2) is 0 Å². The molecule has 4 aromatic carbocycles. The lowest BCUT2D eigenvalue weighted by Crippen LogP contribution is -2.32. The molecule has 15 heteroatoms. The maximum absolute atomic E-state index is 13.3. The Bertz CT molecular complexity index is 1990. The molecule has 3 N–H and O–H groups in total. The zero-order chi connectivity index (χ0) is 37.1. The Morgan fingerprint density at radius 1 is 0.961 bits per heavy atom. The molecule has 0 fully saturated rings. The number of carbonyl (C=O) groups excluding carboxylic acids is 3. The van der Waals surface area contributed by atoms with Crippen LogP contribution in [0.1, 0.15) is 28.8 Å². The fourth-order valence-corrected chi connectivity index (χ4v) is 6.92. The molecule has 0 aliphatic carbocycles. The summed E-state index contributed by atoms with van der Waals surface area (Å²) in [5.41, 5.74) is 1.88. The molecule has 51 heavy (non-hydrogen) atoms. The van der Waals surface area contributed by atoms with Crippen LogP contribution in [-0.2, 0) is 26.0 Å². The second-order valence-corrected chi connectivity index (χ2v) is 14.4. The number of nitrogens with one attached hydrogen (secondary N) is 3. The lowest BCUT2D eigenvalue weighted by atomic mass is 9.99. The summed E-state index contributed by atoms with van der Waals surface area (Å²) in [6.07, 6.45) is 0.892. The maximum atomic E-state index is 13.3. The van der Waals surface area contributed by atoms with E-state index in [9.17, 15) is 32.9 Å². The highest BCUT2D eigenvalue weighted by Gasteiger charge is 2.26. The lowest BCUT2D eigenvalue weighted by molar-refractivity contribution is -0.384. The number of thioether (sulfide) groups is 1. The van der Waals surface area contributed by atoms with Crippen molar-refractivity contribution in [1.82, 2.24) is 14.9 Å². The zero-order valence-electron chi connectivity index (χ0n) is 28.5. The number of nitro groups is 1. The molecule has 4 rings (SSSR count). The first kappa shape index (κ1) is 38.4. The number of rotatable bonds is 16. The summed E-state index contributed by atoms with van der Waals surface area (Å²) in [5, 5.41) is 17.7. The van der Waals surface area contributed by atoms with E-state index in [-0.39, 0.29) is 29.5 Å². The van der Waals surface area contributed by atoms with E-state index in [2.05, 4.69) is 10.6 Å². The van der Waals surface area contributed by atoms with Gasteiger partial charge in [-0.1, -0.05) is 42.5 Å². The monoisotopic (exact) mass is 733 g/mol. The van der Waals surface area contributed by atoms with Crippen LogP contribution in [0, 0.1) is 10.1 Å². The van der Waals surface area contributed by atoms with Crippen LogP contribution < -0.4 is 20.1 Å². The van der Waals surface area contributed by atoms with Gasteiger partial charge in [-0.2, -0.15) is 0 Å². The number of aryl methyl sites for hydroxylation is 1. The van der Waals surface area contributed by atoms with E-state index in [1.165, 1.54) is 42.0 Å². The Labute approximate surface area is 301 Å². The molecule has 4 aromatic rings. The minimum atomic E-state index is -4.52. The predicted octanol–water partition coefficient (Wildman–Crippen LogP) is 5.12. The summed E-state index contributed by atoms with van der Waals surface area (Å²) in [7, 11) is 1.81. The fourth-order valence-electron chi connectivity index (χ4n) is 4.98. The summed E-state index contributed by atoms with van der Waals surface area (Å²) in [6.45, 7) is 0. The standard InChI is InChI=1S/C36H39N5O8S2/c1-37-34(42)19-11-24-10-17-30(33(20-24)49-4)25-12-14-26(15-13-25)36(44)39-51(47,48)29-16-18-31(32(22-29)41(45)46)38-27(21-35(43)40(2)3)23-50-28-8-6-5-7-9-28/h5-10,12-18,20,22,27,38H,11,19,21,23H2,1-4H3,(H,37,42)(H,39,44)/t27-/m1/s1. The van der Waals surface area contributed by atoms with Crippen LogP contribution in [0.15, 0.2) is 101 Å². The second-order valence-electron chi connectivity index (χ2n) is 11.6. The molecule has 0 unspecified atom stereocenters. The molecule has 3 amide bonds. The number of amides is 3. The second kappa shape index (κ2) is 17.5. The minimum Gasteiger partial charge on any atom is -0.496 e. The van der Waals surface area contributed by atoms with Gasteiger partial charge in [-0.3, -0.25) is 24.5 Å². The number of ether oxygens (including phenoxy) is 1. The van der Waals surface area contributed by atoms with E-state index in [0.29, 0.717) is 29.9 Å². The molecule has 0 radical (unpaired) electrons. The summed E-state index contributed by atoms with van der Waals surface area (Å²) in [6, 6.07) is 24.0. The first-order valence-electron chi connectivity index (χ1n) is 15.8. The van der Waals surface area contributed by atoms with Crippen molar-refractivity contribution in [3.63, 3.8) is 0 Å². The van der Waals surface area contributed by atoms with Gasteiger partial charge < -0.3 is 20.3 Å². The highest BCUT2D eigenvalue weighted by atomic mass is 32.2. The van der Waals surface area contributed by atoms with Crippen LogP contribution in [0.3, 0.4) is 0 Å². The number of carbonyl (C=O) groups is 3. The van der Waals surface area contributed by atoms with Crippen molar-refractivity contribution >= 4 is 50.9 Å². The van der Waals surface area contributed by atoms with Crippen molar-refractivity contribution in [2.75, 3.05) is 39.3 Å². The fraction of sp³-hybridized carbons (Fsp3) is 0.250. The smallest absolute Gasteiger partial charge is 0.293 e. The van der Waals surface area contributed by atoms with Crippen molar-refractivity contribution in [2.45, 2.75) is 35.1 Å². The third-order valence-electron chi connectivity index (χ3n) is 7.82. The third kappa shape index (κ3) is 10.5. The van der Waals surface area contributed by atoms with E-state index in [0.717, 1.165) is 28.2 Å². The van der Waals surface area contributed by atoms with Crippen molar-refractivity contribution in [3.05, 3.63) is 112 Å². The van der Waals surface area contributed by atoms with Gasteiger partial charge in [-0.15, -0.1) is 11.8 Å². The van der Waals surface area contributed by atoms with Crippen molar-refractivity contribution in [1.29, 1.82) is 0 Å². The summed E-state index contributed by atoms with van der Waals surface area (Å²) in [5.74, 6) is -0.233. The lowest BCUT2D eigenvalue weighted by Gasteiger charge is -2.21. The Morgan fingerprint density at radius 2 is 1.67 bits per heavy atom. The first-order valence-corrected chi connectivity index (χ1v) is 18.3. The largest absolute Gasteiger partial charge is 0.496 e. The topological polar surface area (TPSA) is 177 Å². The molecule has 0 aromatic heterocycles. The summed E-state index contributed by atoms with van der Waals surface area (Å²) < 4.78 is 34.0. The Balaban J connectivity index is 1.50. The van der Waals surface area contributed by atoms with Gasteiger partial charge >= 0.3 is 0 Å². The molecule has 1 atom stereocenters. The van der Waals surface area contributed by atoms with Crippen LogP contribution >= 0.6 is 11.8 Å². The molecular formula is C36H39N5O8S2. The van der Waals surface area contributed by atoms with Gasteiger partial charge in [0.1, 0.15) is 11.4 Å². The molecule has 268 valence electrons. The molecule has 0 saturated heterocycles. The molecule has 0 saturated carbocycles. The van der Waals surface area contributed by atoms with Crippen LogP contribution in [0.2, 0.25) is 0 Å². The van der Waals surface area contributed by atoms with Crippen LogP contribution in [0.4, 0.5) is 11.4 Å². The normalized spacial score (nSPS) is 11.6. The van der Waals surface area contributed by atoms with Crippen LogP contribution in [0.25, 0.3) is 11.1 Å². The Morgan fingerprint density at radius 3 is 2.29 bits per heavy atom. The molecular weight excluding hydrogens is 695 g/mol. The number of benzene rings is 4. The highest BCUT2D eigenvalue weighted by molar-refractivity contribution is 7.99. The first-order chi connectivity index (χ1) is 24.3. The number of hydrogen-bond acceptors (Lipinski definition) is 10. The SMILES string of the molecule is CNC(=O)CCc1ccc(-c2ccc(C(=O)NS(=O)(=O)c3ccc(N[C@@H](CSc4ccccc4)CC(=O)N(C)C)c([N+](=O)[O-])c3)cc2)c(OC)c1. The Hall–Kier alpha value is -5.41. The molecule has 0 aliphatic heterocycles.